The van der Waals surface area contributed by atoms with Gasteiger partial charge in [-0.15, -0.1) is 0 Å². The highest BCUT2D eigenvalue weighted by Gasteiger charge is 2.61. The molecule has 4 saturated carbocycles. The summed E-state index contributed by atoms with van der Waals surface area (Å²) in [6.45, 7) is 17.0. The van der Waals surface area contributed by atoms with Gasteiger partial charge in [0, 0.05) is 12.3 Å². The standard InChI is InChI=1S/C32H54O/c1-21(2)9-8-10-23(5)26-15-16-27-24-13-14-28-25(12-11-22(3)4)30(33)18-20-32(28,7)29(24)17-19-31(26,27)6/h11,21,23-29H,8-10,12-20H2,1-7H3/t23-,24+,25+,26-,27+,28+,29+,31-,32+/m1/s1. The molecular formula is C32H54O. The Bertz CT molecular complexity index is 729. The van der Waals surface area contributed by atoms with E-state index >= 15 is 0 Å². The van der Waals surface area contributed by atoms with E-state index in [1.807, 2.05) is 0 Å². The molecule has 0 N–H and O–H groups in total. The Labute approximate surface area is 206 Å². The Hall–Kier alpha value is -0.590. The maximum atomic E-state index is 13.0. The SMILES string of the molecule is CC(C)=CC[C@@H]1C(=O)CC[C@]2(C)[C@H]3CC[C@]4(C)[C@@H]([C@H](C)CCCC(C)C)CC[C@H]4[C@@H]3CC[C@@H]12. The lowest BCUT2D eigenvalue weighted by atomic mass is 9.43. The predicted molar refractivity (Wildman–Crippen MR) is 141 cm³/mol. The first kappa shape index (κ1) is 25.5. The zero-order valence-corrected chi connectivity index (χ0v) is 23.1. The molecule has 0 aromatic heterocycles. The summed E-state index contributed by atoms with van der Waals surface area (Å²) in [6, 6.07) is 0. The Morgan fingerprint density at radius 1 is 0.909 bits per heavy atom. The number of ketones is 1. The Morgan fingerprint density at radius 2 is 1.61 bits per heavy atom. The van der Waals surface area contributed by atoms with Crippen LogP contribution in [0.2, 0.25) is 0 Å². The second kappa shape index (κ2) is 9.81. The summed E-state index contributed by atoms with van der Waals surface area (Å²) >= 11 is 0. The van der Waals surface area contributed by atoms with E-state index in [0.29, 0.717) is 28.4 Å². The molecule has 4 aliphatic rings. The fourth-order valence-electron chi connectivity index (χ4n) is 10.0. The summed E-state index contributed by atoms with van der Waals surface area (Å²) in [4.78, 5) is 13.0. The van der Waals surface area contributed by atoms with Gasteiger partial charge < -0.3 is 0 Å². The summed E-state index contributed by atoms with van der Waals surface area (Å²) in [6.07, 6.45) is 18.2. The molecule has 4 rings (SSSR count). The molecule has 9 atom stereocenters. The molecule has 0 spiro atoms. The Morgan fingerprint density at radius 3 is 2.30 bits per heavy atom. The van der Waals surface area contributed by atoms with Crippen molar-refractivity contribution in [1.82, 2.24) is 0 Å². The van der Waals surface area contributed by atoms with Crippen molar-refractivity contribution in [3.8, 4) is 0 Å². The van der Waals surface area contributed by atoms with E-state index in [2.05, 4.69) is 54.5 Å². The number of carbonyl (C=O) groups excluding carboxylic acids is 1. The van der Waals surface area contributed by atoms with Crippen molar-refractivity contribution in [3.63, 3.8) is 0 Å². The monoisotopic (exact) mass is 454 g/mol. The topological polar surface area (TPSA) is 17.1 Å². The van der Waals surface area contributed by atoms with E-state index in [1.165, 1.54) is 69.8 Å². The van der Waals surface area contributed by atoms with Crippen LogP contribution in [-0.2, 0) is 4.79 Å². The quantitative estimate of drug-likeness (QED) is 0.350. The van der Waals surface area contributed by atoms with Crippen LogP contribution in [0.25, 0.3) is 0 Å². The van der Waals surface area contributed by atoms with Gasteiger partial charge in [0.05, 0.1) is 0 Å². The second-order valence-electron chi connectivity index (χ2n) is 14.2. The first-order valence-corrected chi connectivity index (χ1v) is 14.7. The molecule has 0 heterocycles. The van der Waals surface area contributed by atoms with Gasteiger partial charge in [-0.05, 0) is 117 Å². The number of Topliss-reactive ketones (excluding diaryl/α,β-unsaturated/α-hetero) is 1. The van der Waals surface area contributed by atoms with Gasteiger partial charge in [-0.25, -0.2) is 0 Å². The number of hydrogen-bond donors (Lipinski definition) is 0. The van der Waals surface area contributed by atoms with Crippen LogP contribution < -0.4 is 0 Å². The van der Waals surface area contributed by atoms with Crippen LogP contribution in [0.15, 0.2) is 11.6 Å². The van der Waals surface area contributed by atoms with Crippen molar-refractivity contribution in [2.24, 2.45) is 58.2 Å². The van der Waals surface area contributed by atoms with E-state index in [0.717, 1.165) is 48.3 Å². The number of hydrogen-bond acceptors (Lipinski definition) is 1. The first-order chi connectivity index (χ1) is 15.6. The van der Waals surface area contributed by atoms with Gasteiger partial charge in [-0.2, -0.15) is 0 Å². The van der Waals surface area contributed by atoms with Gasteiger partial charge in [-0.1, -0.05) is 65.5 Å². The smallest absolute Gasteiger partial charge is 0.136 e. The van der Waals surface area contributed by atoms with Crippen molar-refractivity contribution >= 4 is 5.78 Å². The van der Waals surface area contributed by atoms with Crippen molar-refractivity contribution in [3.05, 3.63) is 11.6 Å². The molecule has 0 aromatic rings. The zero-order valence-electron chi connectivity index (χ0n) is 23.1. The average Bonchev–Trinajstić information content (AvgIpc) is 3.10. The molecule has 0 aromatic carbocycles. The molecule has 1 heteroatoms. The molecule has 0 saturated heterocycles. The van der Waals surface area contributed by atoms with Crippen LogP contribution in [0, 0.1) is 58.2 Å². The van der Waals surface area contributed by atoms with E-state index in [1.54, 1.807) is 0 Å². The Balaban J connectivity index is 1.49. The van der Waals surface area contributed by atoms with E-state index in [4.69, 9.17) is 0 Å². The number of allylic oxidation sites excluding steroid dienone is 2. The summed E-state index contributed by atoms with van der Waals surface area (Å²) in [7, 11) is 0. The van der Waals surface area contributed by atoms with Crippen molar-refractivity contribution < 1.29 is 4.79 Å². The van der Waals surface area contributed by atoms with Crippen LogP contribution in [0.5, 0.6) is 0 Å². The molecule has 0 unspecified atom stereocenters. The summed E-state index contributed by atoms with van der Waals surface area (Å²) in [5, 5.41) is 0. The van der Waals surface area contributed by atoms with Gasteiger partial charge in [0.25, 0.3) is 0 Å². The number of fused-ring (bicyclic) bond motifs is 5. The van der Waals surface area contributed by atoms with Crippen molar-refractivity contribution in [1.29, 1.82) is 0 Å². The normalized spacial score (nSPS) is 43.6. The van der Waals surface area contributed by atoms with E-state index < -0.39 is 0 Å². The number of carbonyl (C=O) groups is 1. The third-order valence-electron chi connectivity index (χ3n) is 11.7. The molecule has 188 valence electrons. The fraction of sp³-hybridized carbons (Fsp3) is 0.906. The van der Waals surface area contributed by atoms with Crippen molar-refractivity contribution in [2.75, 3.05) is 0 Å². The van der Waals surface area contributed by atoms with Crippen LogP contribution >= 0.6 is 0 Å². The molecular weight excluding hydrogens is 400 g/mol. The summed E-state index contributed by atoms with van der Waals surface area (Å²) < 4.78 is 0. The fourth-order valence-corrected chi connectivity index (χ4v) is 10.0. The summed E-state index contributed by atoms with van der Waals surface area (Å²) in [5.41, 5.74) is 2.35. The van der Waals surface area contributed by atoms with Gasteiger partial charge in [-0.3, -0.25) is 4.79 Å². The maximum absolute atomic E-state index is 13.0. The maximum Gasteiger partial charge on any atom is 0.136 e. The van der Waals surface area contributed by atoms with E-state index in [-0.39, 0.29) is 0 Å². The molecule has 1 nitrogen and oxygen atoms in total. The first-order valence-electron chi connectivity index (χ1n) is 14.7. The highest BCUT2D eigenvalue weighted by Crippen LogP contribution is 2.68. The van der Waals surface area contributed by atoms with Crippen LogP contribution in [0.3, 0.4) is 0 Å². The third kappa shape index (κ3) is 4.65. The minimum absolute atomic E-state index is 0.296. The largest absolute Gasteiger partial charge is 0.299 e. The molecule has 33 heavy (non-hydrogen) atoms. The molecule has 0 radical (unpaired) electrons. The lowest BCUT2D eigenvalue weighted by Crippen LogP contribution is -2.56. The lowest BCUT2D eigenvalue weighted by Gasteiger charge is -2.62. The highest BCUT2D eigenvalue weighted by atomic mass is 16.1. The van der Waals surface area contributed by atoms with Gasteiger partial charge in [0.2, 0.25) is 0 Å². The van der Waals surface area contributed by atoms with Crippen LogP contribution in [0.1, 0.15) is 126 Å². The molecule has 0 amide bonds. The minimum atomic E-state index is 0.296. The molecule has 0 aliphatic heterocycles. The molecule has 0 bridgehead atoms. The predicted octanol–water partition coefficient (Wildman–Crippen LogP) is 9.26. The van der Waals surface area contributed by atoms with Crippen LogP contribution in [-0.4, -0.2) is 5.78 Å². The molecule has 4 fully saturated rings. The minimum Gasteiger partial charge on any atom is -0.299 e. The second-order valence-corrected chi connectivity index (χ2v) is 14.2. The van der Waals surface area contributed by atoms with Crippen molar-refractivity contribution in [2.45, 2.75) is 126 Å². The van der Waals surface area contributed by atoms with Gasteiger partial charge >= 0.3 is 0 Å². The highest BCUT2D eigenvalue weighted by molar-refractivity contribution is 5.82. The lowest BCUT2D eigenvalue weighted by molar-refractivity contribution is -0.152. The number of rotatable bonds is 7. The van der Waals surface area contributed by atoms with E-state index in [9.17, 15) is 4.79 Å². The average molecular weight is 455 g/mol. The zero-order chi connectivity index (χ0) is 24.0. The van der Waals surface area contributed by atoms with Crippen LogP contribution in [0.4, 0.5) is 0 Å². The third-order valence-corrected chi connectivity index (χ3v) is 11.7. The van der Waals surface area contributed by atoms with Gasteiger partial charge in [0.1, 0.15) is 5.78 Å². The van der Waals surface area contributed by atoms with Gasteiger partial charge in [0.15, 0.2) is 0 Å². The Kier molecular flexibility index (Phi) is 7.58. The summed E-state index contributed by atoms with van der Waals surface area (Å²) in [5.74, 6) is 6.92. The molecule has 4 aliphatic carbocycles.